The second-order valence-corrected chi connectivity index (χ2v) is 4.78. The Bertz CT molecular complexity index is 741. The Morgan fingerprint density at radius 1 is 1.30 bits per heavy atom. The summed E-state index contributed by atoms with van der Waals surface area (Å²) in [7, 11) is 1.66. The summed E-state index contributed by atoms with van der Waals surface area (Å²) in [5, 5.41) is 4.84. The largest absolute Gasteiger partial charge is 0.378 e. The predicted molar refractivity (Wildman–Crippen MR) is 79.3 cm³/mol. The van der Waals surface area contributed by atoms with Crippen molar-refractivity contribution in [2.24, 2.45) is 0 Å². The fourth-order valence-corrected chi connectivity index (χ4v) is 2.22. The molecule has 2 aromatic heterocycles. The zero-order chi connectivity index (χ0) is 13.9. The number of anilines is 2. The van der Waals surface area contributed by atoms with E-state index in [1.54, 1.807) is 7.11 Å². The molecule has 0 radical (unpaired) electrons. The highest BCUT2D eigenvalue weighted by molar-refractivity contribution is 6.30. The standard InChI is InChI=1S/C14H13ClN4O/c1-20-7-11-6-12-13(16-8-17-14(12)19-11)18-10-4-2-3-9(15)5-10/h2-6,8H,7H2,1H3,(H2,16,17,18,19). The Morgan fingerprint density at radius 3 is 3.00 bits per heavy atom. The minimum Gasteiger partial charge on any atom is -0.378 e. The van der Waals surface area contributed by atoms with Crippen LogP contribution in [0, 0.1) is 0 Å². The summed E-state index contributed by atoms with van der Waals surface area (Å²) >= 11 is 5.98. The first kappa shape index (κ1) is 12.9. The van der Waals surface area contributed by atoms with Crippen LogP contribution in [0.15, 0.2) is 36.7 Å². The number of ether oxygens (including phenoxy) is 1. The lowest BCUT2D eigenvalue weighted by Gasteiger charge is -2.06. The van der Waals surface area contributed by atoms with Gasteiger partial charge >= 0.3 is 0 Å². The Morgan fingerprint density at radius 2 is 2.20 bits per heavy atom. The van der Waals surface area contributed by atoms with Crippen LogP contribution in [0.5, 0.6) is 0 Å². The van der Waals surface area contributed by atoms with Crippen LogP contribution >= 0.6 is 11.6 Å². The number of aromatic nitrogens is 3. The van der Waals surface area contributed by atoms with Crippen LogP contribution in [0.3, 0.4) is 0 Å². The predicted octanol–water partition coefficient (Wildman–Crippen LogP) is 3.50. The number of hydrogen-bond donors (Lipinski definition) is 2. The molecule has 0 unspecified atom stereocenters. The molecule has 2 heterocycles. The van der Waals surface area contributed by atoms with Gasteiger partial charge in [0.15, 0.2) is 0 Å². The summed E-state index contributed by atoms with van der Waals surface area (Å²) in [4.78, 5) is 11.7. The highest BCUT2D eigenvalue weighted by atomic mass is 35.5. The third-order valence-corrected chi connectivity index (χ3v) is 3.10. The Kier molecular flexibility index (Phi) is 3.54. The number of rotatable bonds is 4. The first-order chi connectivity index (χ1) is 9.76. The number of fused-ring (bicyclic) bond motifs is 1. The van der Waals surface area contributed by atoms with E-state index in [-0.39, 0.29) is 0 Å². The number of nitrogens with one attached hydrogen (secondary N) is 2. The van der Waals surface area contributed by atoms with Crippen molar-refractivity contribution in [3.63, 3.8) is 0 Å². The molecule has 0 bridgehead atoms. The minimum atomic E-state index is 0.507. The quantitative estimate of drug-likeness (QED) is 0.771. The number of hydrogen-bond acceptors (Lipinski definition) is 4. The van der Waals surface area contributed by atoms with Gasteiger partial charge in [-0.25, -0.2) is 9.97 Å². The van der Waals surface area contributed by atoms with E-state index in [1.807, 2.05) is 30.3 Å². The average Bonchev–Trinajstić information content (AvgIpc) is 2.83. The maximum atomic E-state index is 5.98. The van der Waals surface area contributed by atoms with Crippen molar-refractivity contribution in [1.82, 2.24) is 15.0 Å². The molecule has 0 spiro atoms. The number of halogens is 1. The van der Waals surface area contributed by atoms with Gasteiger partial charge in [-0.05, 0) is 24.3 Å². The molecule has 20 heavy (non-hydrogen) atoms. The first-order valence-electron chi connectivity index (χ1n) is 6.10. The van der Waals surface area contributed by atoms with Gasteiger partial charge in [0.25, 0.3) is 0 Å². The highest BCUT2D eigenvalue weighted by Gasteiger charge is 2.08. The number of methoxy groups -OCH3 is 1. The molecular formula is C14H13ClN4O. The lowest BCUT2D eigenvalue weighted by Crippen LogP contribution is -1.94. The molecule has 0 aliphatic carbocycles. The maximum absolute atomic E-state index is 5.98. The van der Waals surface area contributed by atoms with Gasteiger partial charge in [-0.3, -0.25) is 0 Å². The minimum absolute atomic E-state index is 0.507. The van der Waals surface area contributed by atoms with Crippen molar-refractivity contribution < 1.29 is 4.74 Å². The van der Waals surface area contributed by atoms with Crippen LogP contribution in [0.4, 0.5) is 11.5 Å². The smallest absolute Gasteiger partial charge is 0.143 e. The number of aromatic amines is 1. The van der Waals surface area contributed by atoms with E-state index >= 15 is 0 Å². The van der Waals surface area contributed by atoms with E-state index in [9.17, 15) is 0 Å². The molecule has 0 amide bonds. The van der Waals surface area contributed by atoms with Crippen LogP contribution in [-0.2, 0) is 11.3 Å². The zero-order valence-corrected chi connectivity index (χ0v) is 11.6. The van der Waals surface area contributed by atoms with Gasteiger partial charge in [0, 0.05) is 23.5 Å². The van der Waals surface area contributed by atoms with Gasteiger partial charge < -0.3 is 15.0 Å². The van der Waals surface area contributed by atoms with Crippen molar-refractivity contribution >= 4 is 34.1 Å². The summed E-state index contributed by atoms with van der Waals surface area (Å²) < 4.78 is 5.11. The van der Waals surface area contributed by atoms with Crippen LogP contribution in [-0.4, -0.2) is 22.1 Å². The van der Waals surface area contributed by atoms with Gasteiger partial charge in [-0.1, -0.05) is 17.7 Å². The maximum Gasteiger partial charge on any atom is 0.143 e. The van der Waals surface area contributed by atoms with Crippen molar-refractivity contribution in [3.05, 3.63) is 47.4 Å². The van der Waals surface area contributed by atoms with E-state index in [0.717, 1.165) is 28.2 Å². The summed E-state index contributed by atoms with van der Waals surface area (Å²) in [6.45, 7) is 0.507. The zero-order valence-electron chi connectivity index (χ0n) is 10.9. The van der Waals surface area contributed by atoms with Gasteiger partial charge in [0.2, 0.25) is 0 Å². The molecule has 2 N–H and O–H groups in total. The monoisotopic (exact) mass is 288 g/mol. The summed E-state index contributed by atoms with van der Waals surface area (Å²) in [5.74, 6) is 0.732. The Balaban J connectivity index is 1.98. The molecule has 6 heteroatoms. The third-order valence-electron chi connectivity index (χ3n) is 2.87. The lowest BCUT2D eigenvalue weighted by atomic mass is 10.3. The average molecular weight is 289 g/mol. The third kappa shape index (κ3) is 2.59. The number of benzene rings is 1. The Hall–Kier alpha value is -2.11. The molecule has 0 atom stereocenters. The highest BCUT2D eigenvalue weighted by Crippen LogP contribution is 2.25. The first-order valence-corrected chi connectivity index (χ1v) is 6.48. The molecule has 102 valence electrons. The van der Waals surface area contributed by atoms with Gasteiger partial charge in [-0.2, -0.15) is 0 Å². The molecule has 0 saturated carbocycles. The van der Waals surface area contributed by atoms with Gasteiger partial charge in [-0.15, -0.1) is 0 Å². The van der Waals surface area contributed by atoms with Crippen molar-refractivity contribution in [2.75, 3.05) is 12.4 Å². The SMILES string of the molecule is COCc1cc2c(Nc3cccc(Cl)c3)ncnc2[nH]1. The molecule has 3 rings (SSSR count). The topological polar surface area (TPSA) is 62.8 Å². The van der Waals surface area contributed by atoms with Crippen LogP contribution in [0.25, 0.3) is 11.0 Å². The normalized spacial score (nSPS) is 10.9. The number of nitrogens with zero attached hydrogens (tertiary/aromatic N) is 2. The fraction of sp³-hybridized carbons (Fsp3) is 0.143. The molecule has 0 saturated heterocycles. The molecular weight excluding hydrogens is 276 g/mol. The Labute approximate surface area is 121 Å². The second-order valence-electron chi connectivity index (χ2n) is 4.35. The summed E-state index contributed by atoms with van der Waals surface area (Å²) in [5.41, 5.74) is 2.61. The molecule has 1 aromatic carbocycles. The molecule has 3 aromatic rings. The van der Waals surface area contributed by atoms with E-state index in [0.29, 0.717) is 11.6 Å². The van der Waals surface area contributed by atoms with Crippen LogP contribution < -0.4 is 5.32 Å². The van der Waals surface area contributed by atoms with Crippen molar-refractivity contribution in [2.45, 2.75) is 6.61 Å². The van der Waals surface area contributed by atoms with Crippen LogP contribution in [0.2, 0.25) is 5.02 Å². The number of H-pyrrole nitrogens is 1. The van der Waals surface area contributed by atoms with Crippen LogP contribution in [0.1, 0.15) is 5.69 Å². The second kappa shape index (κ2) is 5.48. The summed E-state index contributed by atoms with van der Waals surface area (Å²) in [6, 6.07) is 9.47. The van der Waals surface area contributed by atoms with Crippen molar-refractivity contribution in [3.8, 4) is 0 Å². The van der Waals surface area contributed by atoms with Gasteiger partial charge in [0.05, 0.1) is 12.0 Å². The van der Waals surface area contributed by atoms with Crippen molar-refractivity contribution in [1.29, 1.82) is 0 Å². The molecule has 0 aliphatic rings. The molecule has 0 aliphatic heterocycles. The van der Waals surface area contributed by atoms with Gasteiger partial charge in [0.1, 0.15) is 17.8 Å². The fourth-order valence-electron chi connectivity index (χ4n) is 2.03. The van der Waals surface area contributed by atoms with E-state index in [4.69, 9.17) is 16.3 Å². The van der Waals surface area contributed by atoms with E-state index in [2.05, 4.69) is 20.3 Å². The molecule has 5 nitrogen and oxygen atoms in total. The molecule has 0 fully saturated rings. The summed E-state index contributed by atoms with van der Waals surface area (Å²) in [6.07, 6.45) is 1.52. The van der Waals surface area contributed by atoms with E-state index < -0.39 is 0 Å². The lowest BCUT2D eigenvalue weighted by molar-refractivity contribution is 0.182. The van der Waals surface area contributed by atoms with E-state index in [1.165, 1.54) is 6.33 Å².